The Kier molecular flexibility index (Phi) is 3.94. The minimum Gasteiger partial charge on any atom is -0.507 e. The Labute approximate surface area is 133 Å². The highest BCUT2D eigenvalue weighted by molar-refractivity contribution is 7.21. The molecule has 3 aromatic rings. The summed E-state index contributed by atoms with van der Waals surface area (Å²) in [6.07, 6.45) is 0.504. The zero-order valence-corrected chi connectivity index (χ0v) is 13.4. The molecule has 0 unspecified atom stereocenters. The second-order valence-electron chi connectivity index (χ2n) is 5.74. The molecule has 0 aliphatic heterocycles. The van der Waals surface area contributed by atoms with Crippen LogP contribution in [0.2, 0.25) is 0 Å². The molecule has 0 aliphatic rings. The number of fused-ring (bicyclic) bond motifs is 1. The van der Waals surface area contributed by atoms with Crippen molar-refractivity contribution in [2.24, 2.45) is 5.92 Å². The molecule has 0 spiro atoms. The first-order valence-corrected chi connectivity index (χ1v) is 8.08. The van der Waals surface area contributed by atoms with Crippen molar-refractivity contribution < 1.29 is 9.90 Å². The fourth-order valence-corrected chi connectivity index (χ4v) is 3.35. The molecule has 0 saturated carbocycles. The molecule has 22 heavy (non-hydrogen) atoms. The predicted octanol–water partition coefficient (Wildman–Crippen LogP) is 4.90. The Balaban J connectivity index is 2.04. The minimum atomic E-state index is 0.0948. The number of thiazole rings is 1. The summed E-state index contributed by atoms with van der Waals surface area (Å²) in [5.74, 6) is 0.560. The molecule has 0 aliphatic carbocycles. The van der Waals surface area contributed by atoms with E-state index in [0.717, 1.165) is 15.2 Å². The second-order valence-corrected chi connectivity index (χ2v) is 6.77. The summed E-state index contributed by atoms with van der Waals surface area (Å²) in [4.78, 5) is 16.8. The van der Waals surface area contributed by atoms with E-state index in [1.807, 2.05) is 38.1 Å². The molecular weight excluding hydrogens is 294 g/mol. The lowest BCUT2D eigenvalue weighted by molar-refractivity contribution is 0.0968. The van der Waals surface area contributed by atoms with Crippen LogP contribution in [0.3, 0.4) is 0 Å². The van der Waals surface area contributed by atoms with Gasteiger partial charge in [0.05, 0.1) is 15.8 Å². The average molecular weight is 311 g/mol. The van der Waals surface area contributed by atoms with Gasteiger partial charge in [-0.15, -0.1) is 11.3 Å². The number of Topliss-reactive ketones (excluding diaryl/α,β-unsaturated/α-hetero) is 1. The standard InChI is InChI=1S/C18H17NO2S/c1-11(2)9-16(21)12-7-8-15(20)13(10-12)18-19-14-5-3-4-6-17(14)22-18/h3-8,10-11,20H,9H2,1-2H3. The first-order valence-electron chi connectivity index (χ1n) is 7.27. The summed E-state index contributed by atoms with van der Waals surface area (Å²) in [5.41, 5.74) is 2.15. The van der Waals surface area contributed by atoms with Gasteiger partial charge in [0.15, 0.2) is 5.78 Å². The fourth-order valence-electron chi connectivity index (χ4n) is 2.36. The number of phenols is 1. The second kappa shape index (κ2) is 5.89. The number of para-hydroxylation sites is 1. The van der Waals surface area contributed by atoms with Gasteiger partial charge in [-0.1, -0.05) is 26.0 Å². The fraction of sp³-hybridized carbons (Fsp3) is 0.222. The lowest BCUT2D eigenvalue weighted by atomic mass is 9.99. The Morgan fingerprint density at radius 2 is 2.00 bits per heavy atom. The number of nitrogens with zero attached hydrogens (tertiary/aromatic N) is 1. The maximum absolute atomic E-state index is 12.2. The number of rotatable bonds is 4. The van der Waals surface area contributed by atoms with Gasteiger partial charge in [0.1, 0.15) is 10.8 Å². The molecule has 4 heteroatoms. The Hall–Kier alpha value is -2.20. The minimum absolute atomic E-state index is 0.0948. The number of aromatic nitrogens is 1. The van der Waals surface area contributed by atoms with E-state index in [1.54, 1.807) is 18.2 Å². The smallest absolute Gasteiger partial charge is 0.163 e. The Morgan fingerprint density at radius 3 is 2.73 bits per heavy atom. The third-order valence-electron chi connectivity index (χ3n) is 3.44. The van der Waals surface area contributed by atoms with Crippen molar-refractivity contribution >= 4 is 27.3 Å². The lowest BCUT2D eigenvalue weighted by Gasteiger charge is -2.07. The van der Waals surface area contributed by atoms with Crippen molar-refractivity contribution in [2.45, 2.75) is 20.3 Å². The molecule has 0 bridgehead atoms. The Bertz CT molecular complexity index is 803. The third-order valence-corrected chi connectivity index (χ3v) is 4.51. The van der Waals surface area contributed by atoms with Crippen molar-refractivity contribution in [3.8, 4) is 16.3 Å². The summed E-state index contributed by atoms with van der Waals surface area (Å²) < 4.78 is 1.07. The first-order chi connectivity index (χ1) is 10.5. The molecule has 0 atom stereocenters. The molecule has 0 amide bonds. The predicted molar refractivity (Wildman–Crippen MR) is 90.5 cm³/mol. The number of phenolic OH excluding ortho intramolecular Hbond substituents is 1. The normalized spacial score (nSPS) is 11.2. The summed E-state index contributed by atoms with van der Waals surface area (Å²) in [6, 6.07) is 12.9. The van der Waals surface area contributed by atoms with Crippen LogP contribution in [-0.2, 0) is 0 Å². The van der Waals surface area contributed by atoms with E-state index in [0.29, 0.717) is 23.5 Å². The highest BCUT2D eigenvalue weighted by atomic mass is 32.1. The lowest BCUT2D eigenvalue weighted by Crippen LogP contribution is -2.03. The van der Waals surface area contributed by atoms with Gasteiger partial charge in [-0.05, 0) is 36.2 Å². The van der Waals surface area contributed by atoms with Crippen LogP contribution in [0.5, 0.6) is 5.75 Å². The van der Waals surface area contributed by atoms with Crippen LogP contribution in [0.1, 0.15) is 30.6 Å². The maximum atomic E-state index is 12.2. The highest BCUT2D eigenvalue weighted by Gasteiger charge is 2.14. The quantitative estimate of drug-likeness (QED) is 0.697. The van der Waals surface area contributed by atoms with Gasteiger partial charge in [0, 0.05) is 12.0 Å². The van der Waals surface area contributed by atoms with E-state index in [4.69, 9.17) is 0 Å². The SMILES string of the molecule is CC(C)CC(=O)c1ccc(O)c(-c2nc3ccccc3s2)c1. The highest BCUT2D eigenvalue weighted by Crippen LogP contribution is 2.36. The van der Waals surface area contributed by atoms with E-state index >= 15 is 0 Å². The van der Waals surface area contributed by atoms with E-state index in [9.17, 15) is 9.90 Å². The molecule has 1 aromatic heterocycles. The molecule has 0 saturated heterocycles. The van der Waals surface area contributed by atoms with Gasteiger partial charge in [-0.25, -0.2) is 4.98 Å². The molecule has 1 N–H and O–H groups in total. The summed E-state index contributed by atoms with van der Waals surface area (Å²) >= 11 is 1.52. The van der Waals surface area contributed by atoms with Crippen LogP contribution >= 0.6 is 11.3 Å². The van der Waals surface area contributed by atoms with Gasteiger partial charge in [-0.2, -0.15) is 0 Å². The van der Waals surface area contributed by atoms with Crippen LogP contribution in [0.25, 0.3) is 20.8 Å². The average Bonchev–Trinajstić information content (AvgIpc) is 2.90. The zero-order valence-electron chi connectivity index (χ0n) is 12.5. The van der Waals surface area contributed by atoms with Crippen LogP contribution in [0.15, 0.2) is 42.5 Å². The molecule has 0 radical (unpaired) electrons. The first kappa shape index (κ1) is 14.7. The number of aromatic hydroxyl groups is 1. The van der Waals surface area contributed by atoms with Gasteiger partial charge in [0.2, 0.25) is 0 Å². The van der Waals surface area contributed by atoms with Crippen molar-refractivity contribution in [3.05, 3.63) is 48.0 Å². The molecule has 2 aromatic carbocycles. The van der Waals surface area contributed by atoms with Crippen molar-refractivity contribution in [1.29, 1.82) is 0 Å². The van der Waals surface area contributed by atoms with Crippen LogP contribution in [0, 0.1) is 5.92 Å². The summed E-state index contributed by atoms with van der Waals surface area (Å²) in [5, 5.41) is 10.9. The molecular formula is C18H17NO2S. The van der Waals surface area contributed by atoms with Gasteiger partial charge in [0.25, 0.3) is 0 Å². The third kappa shape index (κ3) is 2.88. The number of ketones is 1. The van der Waals surface area contributed by atoms with Crippen molar-refractivity contribution in [3.63, 3.8) is 0 Å². The monoisotopic (exact) mass is 311 g/mol. The van der Waals surface area contributed by atoms with E-state index < -0.39 is 0 Å². The Morgan fingerprint density at radius 1 is 1.23 bits per heavy atom. The largest absolute Gasteiger partial charge is 0.507 e. The number of hydrogen-bond acceptors (Lipinski definition) is 4. The van der Waals surface area contributed by atoms with Gasteiger partial charge >= 0.3 is 0 Å². The summed E-state index contributed by atoms with van der Waals surface area (Å²) in [6.45, 7) is 4.04. The van der Waals surface area contributed by atoms with Crippen molar-refractivity contribution in [2.75, 3.05) is 0 Å². The number of benzene rings is 2. The van der Waals surface area contributed by atoms with E-state index in [-0.39, 0.29) is 11.5 Å². The summed E-state index contributed by atoms with van der Waals surface area (Å²) in [7, 11) is 0. The van der Waals surface area contributed by atoms with Crippen LogP contribution in [0.4, 0.5) is 0 Å². The maximum Gasteiger partial charge on any atom is 0.163 e. The van der Waals surface area contributed by atoms with Gasteiger partial charge < -0.3 is 5.11 Å². The van der Waals surface area contributed by atoms with Crippen molar-refractivity contribution in [1.82, 2.24) is 4.98 Å². The topological polar surface area (TPSA) is 50.2 Å². The number of hydrogen-bond donors (Lipinski definition) is 1. The van der Waals surface area contributed by atoms with Crippen LogP contribution in [-0.4, -0.2) is 15.9 Å². The number of carbonyl (C=O) groups excluding carboxylic acids is 1. The van der Waals surface area contributed by atoms with E-state index in [2.05, 4.69) is 4.98 Å². The molecule has 3 nitrogen and oxygen atoms in total. The molecule has 3 rings (SSSR count). The molecule has 112 valence electrons. The molecule has 1 heterocycles. The zero-order chi connectivity index (χ0) is 15.7. The number of carbonyl (C=O) groups is 1. The van der Waals surface area contributed by atoms with Crippen LogP contribution < -0.4 is 0 Å². The molecule has 0 fully saturated rings. The van der Waals surface area contributed by atoms with Gasteiger partial charge in [-0.3, -0.25) is 4.79 Å². The van der Waals surface area contributed by atoms with E-state index in [1.165, 1.54) is 11.3 Å².